The third-order valence-corrected chi connectivity index (χ3v) is 7.61. The van der Waals surface area contributed by atoms with E-state index in [1.54, 1.807) is 6.92 Å². The van der Waals surface area contributed by atoms with Crippen LogP contribution in [0.15, 0.2) is 0 Å². The van der Waals surface area contributed by atoms with Crippen LogP contribution in [-0.4, -0.2) is 59.3 Å². The Kier molecular flexibility index (Phi) is 12.4. The predicted molar refractivity (Wildman–Crippen MR) is 131 cm³/mol. The number of carbonyl (C=O) groups is 3. The van der Waals surface area contributed by atoms with Crippen LogP contribution in [0.2, 0.25) is 0 Å². The second-order valence-corrected chi connectivity index (χ2v) is 10.4. The molecule has 2 unspecified atom stereocenters. The van der Waals surface area contributed by atoms with Gasteiger partial charge in [0.15, 0.2) is 0 Å². The van der Waals surface area contributed by atoms with Crippen LogP contribution in [0.4, 0.5) is 0 Å². The Morgan fingerprint density at radius 1 is 1.00 bits per heavy atom. The highest BCUT2D eigenvalue weighted by Crippen LogP contribution is 2.37. The summed E-state index contributed by atoms with van der Waals surface area (Å²) in [7, 11) is 1.29. The van der Waals surface area contributed by atoms with Crippen LogP contribution < -0.4 is 0 Å². The first-order chi connectivity index (χ1) is 16.3. The first-order valence-corrected chi connectivity index (χ1v) is 13.6. The molecule has 0 radical (unpaired) electrons. The lowest BCUT2D eigenvalue weighted by molar-refractivity contribution is -0.153. The van der Waals surface area contributed by atoms with Gasteiger partial charge < -0.3 is 19.5 Å². The van der Waals surface area contributed by atoms with Gasteiger partial charge in [0, 0.05) is 13.0 Å². The van der Waals surface area contributed by atoms with E-state index in [4.69, 9.17) is 9.47 Å². The third kappa shape index (κ3) is 8.24. The monoisotopic (exact) mass is 481 g/mol. The van der Waals surface area contributed by atoms with Crippen LogP contribution in [0, 0.1) is 5.92 Å². The van der Waals surface area contributed by atoms with E-state index < -0.39 is 35.6 Å². The van der Waals surface area contributed by atoms with Crippen LogP contribution in [0.3, 0.4) is 0 Å². The highest BCUT2D eigenvalue weighted by Gasteiger charge is 2.53. The van der Waals surface area contributed by atoms with Gasteiger partial charge in [0.05, 0.1) is 7.11 Å². The molecule has 2 aliphatic rings. The molecule has 1 N–H and O–H groups in total. The number of ether oxygens (including phenoxy) is 2. The van der Waals surface area contributed by atoms with Crippen LogP contribution >= 0.6 is 0 Å². The SMILES string of the molecule is CCCCCCCCCCCCCCC[C@@]1(C)OC(=O)[C@H](CN2C(=O)CCC2C(=O)OC)C1O. The number of hydrogen-bond donors (Lipinski definition) is 1. The molecule has 0 aliphatic carbocycles. The fourth-order valence-corrected chi connectivity index (χ4v) is 5.34. The number of esters is 2. The van der Waals surface area contributed by atoms with E-state index in [1.807, 2.05) is 0 Å². The molecule has 2 saturated heterocycles. The van der Waals surface area contributed by atoms with Gasteiger partial charge in [-0.3, -0.25) is 9.59 Å². The Morgan fingerprint density at radius 2 is 1.53 bits per heavy atom. The van der Waals surface area contributed by atoms with Gasteiger partial charge >= 0.3 is 11.9 Å². The Labute approximate surface area is 205 Å². The van der Waals surface area contributed by atoms with E-state index in [0.29, 0.717) is 12.8 Å². The van der Waals surface area contributed by atoms with Gasteiger partial charge in [-0.25, -0.2) is 4.79 Å². The third-order valence-electron chi connectivity index (χ3n) is 7.61. The maximum absolute atomic E-state index is 12.5. The highest BCUT2D eigenvalue weighted by atomic mass is 16.6. The Morgan fingerprint density at radius 3 is 2.06 bits per heavy atom. The maximum atomic E-state index is 12.5. The van der Waals surface area contributed by atoms with Gasteiger partial charge in [0.2, 0.25) is 5.91 Å². The zero-order valence-electron chi connectivity index (χ0n) is 21.7. The number of methoxy groups -OCH3 is 1. The second kappa shape index (κ2) is 14.7. The minimum atomic E-state index is -0.996. The van der Waals surface area contributed by atoms with E-state index >= 15 is 0 Å². The van der Waals surface area contributed by atoms with Crippen molar-refractivity contribution >= 4 is 17.8 Å². The molecule has 0 aromatic rings. The summed E-state index contributed by atoms with van der Waals surface area (Å²) in [6.07, 6.45) is 16.6. The standard InChI is InChI=1S/C27H47NO6/c1-4-5-6-7-8-9-10-11-12-13-14-15-16-19-27(2)24(30)21(25(31)34-27)20-28-22(26(32)33-3)17-18-23(28)29/h21-22,24,30H,4-20H2,1-3H3/t21-,22?,24?,27-/m1/s1. The topological polar surface area (TPSA) is 93.1 Å². The molecule has 2 aliphatic heterocycles. The number of aliphatic hydroxyl groups excluding tert-OH is 1. The predicted octanol–water partition coefficient (Wildman–Crippen LogP) is 4.92. The number of rotatable bonds is 17. The van der Waals surface area contributed by atoms with Gasteiger partial charge in [-0.05, 0) is 26.2 Å². The van der Waals surface area contributed by atoms with Crippen molar-refractivity contribution < 1.29 is 29.0 Å². The fraction of sp³-hybridized carbons (Fsp3) is 0.889. The summed E-state index contributed by atoms with van der Waals surface area (Å²) >= 11 is 0. The minimum absolute atomic E-state index is 0.00715. The number of aliphatic hydroxyl groups is 1. The van der Waals surface area contributed by atoms with Crippen molar-refractivity contribution in [3.8, 4) is 0 Å². The van der Waals surface area contributed by atoms with Crippen molar-refractivity contribution in [3.63, 3.8) is 0 Å². The summed E-state index contributed by atoms with van der Waals surface area (Å²) in [4.78, 5) is 38.2. The molecule has 1 amide bonds. The van der Waals surface area contributed by atoms with E-state index in [0.717, 1.165) is 19.3 Å². The van der Waals surface area contributed by atoms with Crippen molar-refractivity contribution in [3.05, 3.63) is 0 Å². The summed E-state index contributed by atoms with van der Waals surface area (Å²) < 4.78 is 10.4. The lowest BCUT2D eigenvalue weighted by Gasteiger charge is -2.29. The molecule has 0 saturated carbocycles. The van der Waals surface area contributed by atoms with Crippen molar-refractivity contribution in [2.75, 3.05) is 13.7 Å². The molecule has 0 aromatic carbocycles. The number of carbonyl (C=O) groups excluding carboxylic acids is 3. The molecule has 2 rings (SSSR count). The molecular weight excluding hydrogens is 434 g/mol. The highest BCUT2D eigenvalue weighted by molar-refractivity contribution is 5.88. The maximum Gasteiger partial charge on any atom is 0.328 e. The van der Waals surface area contributed by atoms with Gasteiger partial charge in [0.1, 0.15) is 23.7 Å². The molecule has 34 heavy (non-hydrogen) atoms. The molecular formula is C27H47NO6. The number of likely N-dealkylation sites (tertiary alicyclic amines) is 1. The molecule has 0 bridgehead atoms. The number of nitrogens with zero attached hydrogens (tertiary/aromatic N) is 1. The number of unbranched alkanes of at least 4 members (excludes halogenated alkanes) is 12. The summed E-state index contributed by atoms with van der Waals surface area (Å²) in [5.74, 6) is -2.00. The van der Waals surface area contributed by atoms with E-state index in [-0.39, 0.29) is 18.9 Å². The largest absolute Gasteiger partial charge is 0.467 e. The summed E-state index contributed by atoms with van der Waals surface area (Å²) in [5.41, 5.74) is -0.941. The fourth-order valence-electron chi connectivity index (χ4n) is 5.34. The summed E-state index contributed by atoms with van der Waals surface area (Å²) in [5, 5.41) is 10.9. The van der Waals surface area contributed by atoms with E-state index in [9.17, 15) is 19.5 Å². The zero-order valence-corrected chi connectivity index (χ0v) is 21.7. The van der Waals surface area contributed by atoms with E-state index in [2.05, 4.69) is 6.92 Å². The quantitative estimate of drug-likeness (QED) is 0.234. The number of amides is 1. The second-order valence-electron chi connectivity index (χ2n) is 10.4. The molecule has 7 nitrogen and oxygen atoms in total. The molecule has 2 fully saturated rings. The van der Waals surface area contributed by atoms with Crippen molar-refractivity contribution in [1.29, 1.82) is 0 Å². The van der Waals surface area contributed by atoms with Gasteiger partial charge in [-0.15, -0.1) is 0 Å². The van der Waals surface area contributed by atoms with Crippen molar-refractivity contribution in [2.24, 2.45) is 5.92 Å². The summed E-state index contributed by atoms with van der Waals surface area (Å²) in [6.45, 7) is 4.02. The smallest absolute Gasteiger partial charge is 0.328 e. The van der Waals surface area contributed by atoms with Crippen molar-refractivity contribution in [2.45, 2.75) is 134 Å². The number of cyclic esters (lactones) is 1. The van der Waals surface area contributed by atoms with Gasteiger partial charge in [-0.2, -0.15) is 0 Å². The average Bonchev–Trinajstić information content (AvgIpc) is 3.28. The Hall–Kier alpha value is -1.63. The molecule has 7 heteroatoms. The lowest BCUT2D eigenvalue weighted by atomic mass is 9.87. The van der Waals surface area contributed by atoms with Gasteiger partial charge in [-0.1, -0.05) is 84.0 Å². The Balaban J connectivity index is 1.64. The van der Waals surface area contributed by atoms with E-state index in [1.165, 1.54) is 76.2 Å². The molecule has 4 atom stereocenters. The van der Waals surface area contributed by atoms with Gasteiger partial charge in [0.25, 0.3) is 0 Å². The molecule has 0 aromatic heterocycles. The first-order valence-electron chi connectivity index (χ1n) is 13.6. The van der Waals surface area contributed by atoms with Crippen LogP contribution in [0.5, 0.6) is 0 Å². The molecule has 2 heterocycles. The minimum Gasteiger partial charge on any atom is -0.467 e. The average molecular weight is 482 g/mol. The lowest BCUT2D eigenvalue weighted by Crippen LogP contribution is -2.47. The zero-order chi connectivity index (χ0) is 25.0. The van der Waals surface area contributed by atoms with Crippen molar-refractivity contribution in [1.82, 2.24) is 4.90 Å². The first kappa shape index (κ1) is 28.6. The molecule has 0 spiro atoms. The molecule has 196 valence electrons. The van der Waals surface area contributed by atoms with Crippen LogP contribution in [0.25, 0.3) is 0 Å². The van der Waals surface area contributed by atoms with Crippen LogP contribution in [0.1, 0.15) is 117 Å². The normalized spacial score (nSPS) is 26.8. The number of hydrogen-bond acceptors (Lipinski definition) is 6. The Bertz CT molecular complexity index is 653. The van der Waals surface area contributed by atoms with Crippen LogP contribution in [-0.2, 0) is 23.9 Å². The summed E-state index contributed by atoms with van der Waals surface area (Å²) in [6, 6.07) is -0.689.